The molecule has 0 rings (SSSR count). The summed E-state index contributed by atoms with van der Waals surface area (Å²) in [5.74, 6) is 0. The van der Waals surface area contributed by atoms with Gasteiger partial charge in [0.2, 0.25) is 0 Å². The standard InChI is InChI=1S/55Fe.80Mn. The second kappa shape index (κ2) is 1710. The van der Waals surface area contributed by atoms with Gasteiger partial charge in [-0.15, -0.1) is 0 Å². The van der Waals surface area contributed by atoms with E-state index in [0.717, 1.165) is 0 Å². The first-order valence-electron chi connectivity index (χ1n) is 0. The van der Waals surface area contributed by atoms with E-state index in [2.05, 4.69) is 0 Å². The number of hydrogen-bond donors (Lipinski definition) is 0. The third-order valence-electron chi connectivity index (χ3n) is 0. The summed E-state index contributed by atoms with van der Waals surface area (Å²) in [6.07, 6.45) is 0. The summed E-state index contributed by atoms with van der Waals surface area (Å²) in [6, 6.07) is 0. The van der Waals surface area contributed by atoms with Crippen LogP contribution in [0.2, 0.25) is 0 Å². The van der Waals surface area contributed by atoms with E-state index < -0.39 is 0 Å². The van der Waals surface area contributed by atoms with Gasteiger partial charge in [-0.2, -0.15) is 0 Å². The fourth-order valence-corrected chi connectivity index (χ4v) is 0. The summed E-state index contributed by atoms with van der Waals surface area (Å²) in [6.45, 7) is 0. The van der Waals surface area contributed by atoms with Crippen molar-refractivity contribution in [3.63, 3.8) is 0 Å². The molecule has 0 heterocycles. The first-order valence-corrected chi connectivity index (χ1v) is 0. The Morgan fingerprint density at radius 2 is 0.0148 bits per heavy atom. The number of hydrogen-bond acceptors (Lipinski definition) is 0. The van der Waals surface area contributed by atoms with Crippen LogP contribution >= 0.6 is 0 Å². The zero-order chi connectivity index (χ0) is 0. The Morgan fingerprint density at radius 3 is 0.0148 bits per heavy atom. The van der Waals surface area contributed by atoms with Gasteiger partial charge in [0.15, 0.2) is 0 Å². The summed E-state index contributed by atoms with van der Waals surface area (Å²) in [5.41, 5.74) is 0. The Morgan fingerprint density at radius 1 is 0.0148 bits per heavy atom. The Balaban J connectivity index is 0. The third-order valence-corrected chi connectivity index (χ3v) is 0. The van der Waals surface area contributed by atoms with Crippen molar-refractivity contribution in [3.8, 4) is 0 Å². The molecule has 0 fully saturated rings. The molecule has 135 heteroatoms. The first-order chi connectivity index (χ1) is 0. The van der Waals surface area contributed by atoms with E-state index in [4.69, 9.17) is 0 Å². The molecule has 1000 valence electrons. The van der Waals surface area contributed by atoms with Gasteiger partial charge >= 0.3 is 0 Å². The van der Waals surface area contributed by atoms with Crippen molar-refractivity contribution in [1.82, 2.24) is 0 Å². The monoisotopic (exact) mass is 7470 g/mol. The predicted octanol–water partition coefficient (Wildman–Crippen LogP) is -0.338. The SMILES string of the molecule is [Fe].[Fe].[Fe].[Fe].[Fe].[Fe].[Fe].[Fe].[Fe].[Fe].[Fe].[Fe].[Fe].[Fe].[Fe].[Fe].[Fe].[Fe].[Fe].[Fe].[Fe].[Fe].[Fe].[Fe].[Fe].[Fe].[Fe].[Fe].[Fe].[Fe].[Fe].[Fe].[Fe].[Fe].[Fe].[Fe].[Fe].[Fe].[Fe].[Fe].[Fe].[Fe].[Fe].[Fe].[Fe].[Fe].[Fe].[Fe].[Fe].[Fe].[Fe].[Fe].[Fe].[Fe].[Fe].[Mn].[Mn].[Mn].[Mn].[Mn].[Mn].[Mn].[Mn].[Mn].[Mn].[Mn].[Mn].[Mn].[Mn].[Mn].[Mn].[Mn].[Mn].[Mn].[Mn].[Mn].[Mn].[Mn].[Mn].[Mn].[Mn].[Mn].[Mn].[Mn].[Mn].[Mn].[Mn].[Mn].[Mn].[Mn].[Mn].[Mn].[Mn].[Mn].[Mn].[Mn].[Mn].[Mn].[Mn].[Mn].[Mn].[Mn].[Mn].[Mn].[Mn].[Mn].[Mn].[Mn].[Mn].[Mn].[Mn].[Mn].[Mn].[Mn].[Mn].[Mn].[Mn].[Mn].[Mn].[Mn].[Mn].[Mn].[Mn].[Mn].[Mn].[Mn].[Mn].[Mn].[Mn].[Mn].[Mn].[Mn].[Mn].[Mn].[Mn]. The van der Waals surface area contributed by atoms with Crippen molar-refractivity contribution in [2.45, 2.75) is 0 Å². The molecule has 0 spiro atoms. The molecule has 0 aromatic heterocycles. The van der Waals surface area contributed by atoms with E-state index in [9.17, 15) is 0 Å². The minimum Gasteiger partial charge on any atom is 0 e. The van der Waals surface area contributed by atoms with E-state index >= 15 is 0 Å². The molecule has 0 atom stereocenters. The average molecular weight is 7470 g/mol. The van der Waals surface area contributed by atoms with Crippen LogP contribution in [0.25, 0.3) is 0 Å². The van der Waals surface area contributed by atoms with E-state index in [1.54, 1.807) is 0 Å². The van der Waals surface area contributed by atoms with Gasteiger partial charge in [0, 0.05) is 2300 Å². The van der Waals surface area contributed by atoms with E-state index in [1.165, 1.54) is 0 Å². The van der Waals surface area contributed by atoms with Crippen LogP contribution in [0.3, 0.4) is 0 Å². The molecular weight excluding hydrogens is 7470 g/mol. The molecule has 80 radical (unpaired) electrons. The molecule has 0 aliphatic heterocycles. The van der Waals surface area contributed by atoms with Gasteiger partial charge in [0.05, 0.1) is 0 Å². The molecule has 0 N–H and O–H groups in total. The summed E-state index contributed by atoms with van der Waals surface area (Å²) in [5, 5.41) is 0. The van der Waals surface area contributed by atoms with Gasteiger partial charge in [-0.25, -0.2) is 0 Å². The zero-order valence-electron chi connectivity index (χ0n) is 49.7. The molecule has 0 unspecified atom stereocenters. The van der Waals surface area contributed by atoms with Crippen molar-refractivity contribution in [3.05, 3.63) is 0 Å². The molecule has 0 aliphatic rings. The van der Waals surface area contributed by atoms with E-state index in [1.807, 2.05) is 0 Å². The molecule has 0 aromatic rings. The Labute approximate surface area is 2240 Å². The maximum absolute atomic E-state index is 0. The van der Waals surface area contributed by atoms with Crippen molar-refractivity contribution < 1.29 is 2300 Å². The summed E-state index contributed by atoms with van der Waals surface area (Å²) in [7, 11) is 0. The van der Waals surface area contributed by atoms with Crippen molar-refractivity contribution in [2.24, 2.45) is 0 Å². The van der Waals surface area contributed by atoms with Crippen LogP contribution in [-0.4, -0.2) is 0 Å². The second-order valence-corrected chi connectivity index (χ2v) is 0. The molecule has 0 aliphatic carbocycles. The molecule has 135 heavy (non-hydrogen) atoms. The topological polar surface area (TPSA) is 0 Å². The normalized spacial score (nSPS) is 0. The van der Waals surface area contributed by atoms with Gasteiger partial charge in [0.1, 0.15) is 0 Å². The van der Waals surface area contributed by atoms with Crippen molar-refractivity contribution in [2.75, 3.05) is 0 Å². The summed E-state index contributed by atoms with van der Waals surface area (Å²) < 4.78 is 0. The molecule has 0 aromatic carbocycles. The Bertz CT molecular complexity index is 132. The smallest absolute Gasteiger partial charge is 0 e. The van der Waals surface area contributed by atoms with Gasteiger partial charge < -0.3 is 0 Å². The quantitative estimate of drug-likeness (QED) is 0.292. The zero-order valence-corrected chi connectivity index (χ0v) is 205. The van der Waals surface area contributed by atoms with Gasteiger partial charge in [-0.3, -0.25) is 0 Å². The van der Waals surface area contributed by atoms with E-state index in [0.29, 0.717) is 0 Å². The average Bonchev–Trinajstić information content (AvgIpc) is 0. The van der Waals surface area contributed by atoms with Crippen LogP contribution in [0.5, 0.6) is 0 Å². The molecule has 0 amide bonds. The molecule has 0 bridgehead atoms. The predicted molar refractivity (Wildman–Crippen MR) is 0 cm³/mol. The molecular formula is Fe55Mn80. The van der Waals surface area contributed by atoms with Crippen LogP contribution in [0.15, 0.2) is 0 Å². The molecule has 0 saturated heterocycles. The van der Waals surface area contributed by atoms with Crippen LogP contribution in [0.1, 0.15) is 0 Å². The Kier molecular flexibility index (Phi) is 22000. The van der Waals surface area contributed by atoms with Crippen molar-refractivity contribution >= 4 is 0 Å². The maximum atomic E-state index is 0. The largest absolute Gasteiger partial charge is 0 e. The van der Waals surface area contributed by atoms with Crippen LogP contribution < -0.4 is 0 Å². The van der Waals surface area contributed by atoms with Gasteiger partial charge in [-0.1, -0.05) is 0 Å². The maximum Gasteiger partial charge on any atom is 0 e. The molecule has 0 nitrogen and oxygen atoms in total. The third kappa shape index (κ3) is 1700. The first kappa shape index (κ1) is 1740. The molecule has 0 saturated carbocycles. The van der Waals surface area contributed by atoms with Crippen LogP contribution in [0.4, 0.5) is 0 Å². The summed E-state index contributed by atoms with van der Waals surface area (Å²) in [4.78, 5) is 0. The van der Waals surface area contributed by atoms with Gasteiger partial charge in [-0.05, 0) is 0 Å². The van der Waals surface area contributed by atoms with Crippen LogP contribution in [-0.2, 0) is 2300 Å². The summed E-state index contributed by atoms with van der Waals surface area (Å²) >= 11 is 0. The fraction of sp³-hybridized carbons (Fsp3) is 0. The second-order valence-electron chi connectivity index (χ2n) is 0. The Hall–Kier alpha value is 70.1. The van der Waals surface area contributed by atoms with E-state index in [-0.39, 0.29) is 2300 Å². The minimum atomic E-state index is 0. The van der Waals surface area contributed by atoms with Crippen molar-refractivity contribution in [1.29, 1.82) is 0 Å². The fourth-order valence-electron chi connectivity index (χ4n) is 0. The van der Waals surface area contributed by atoms with Gasteiger partial charge in [0.25, 0.3) is 0 Å². The minimum absolute atomic E-state index is 0. The number of rotatable bonds is 0. The van der Waals surface area contributed by atoms with Crippen LogP contribution in [0, 0.1) is 0 Å².